The van der Waals surface area contributed by atoms with Gasteiger partial charge in [-0.1, -0.05) is 5.16 Å². The average molecular weight is 198 g/mol. The first-order valence-electron chi connectivity index (χ1n) is 3.29. The van der Waals surface area contributed by atoms with Gasteiger partial charge in [0.15, 0.2) is 0 Å². The van der Waals surface area contributed by atoms with Crippen LogP contribution in [0.2, 0.25) is 0 Å². The Hall–Kier alpha value is -1.69. The normalized spacial score (nSPS) is 8.62. The molecule has 0 spiro atoms. The summed E-state index contributed by atoms with van der Waals surface area (Å²) in [4.78, 5) is 10.3. The second kappa shape index (κ2) is 5.04. The maximum atomic E-state index is 10.0. The first kappa shape index (κ1) is 9.40. The quantitative estimate of drug-likeness (QED) is 0.751. The van der Waals surface area contributed by atoms with Crippen LogP contribution in [0.5, 0.6) is 0 Å². The van der Waals surface area contributed by atoms with E-state index < -0.39 is 5.97 Å². The van der Waals surface area contributed by atoms with E-state index in [2.05, 4.69) is 14.1 Å². The van der Waals surface area contributed by atoms with Gasteiger partial charge >= 0.3 is 5.97 Å². The fraction of sp³-hybridized carbons (Fsp3) is 0. The van der Waals surface area contributed by atoms with Crippen LogP contribution in [-0.2, 0) is 0 Å². The van der Waals surface area contributed by atoms with Crippen LogP contribution >= 0.6 is 11.5 Å². The van der Waals surface area contributed by atoms with Gasteiger partial charge in [-0.2, -0.15) is 0 Å². The van der Waals surface area contributed by atoms with Gasteiger partial charge < -0.3 is 9.63 Å². The third-order valence-corrected chi connectivity index (χ3v) is 1.73. The van der Waals surface area contributed by atoms with Crippen molar-refractivity contribution in [2.45, 2.75) is 0 Å². The zero-order valence-corrected chi connectivity index (χ0v) is 7.27. The average Bonchev–Trinajstić information content (AvgIpc) is 2.82. The molecule has 0 aliphatic heterocycles. The summed E-state index contributed by atoms with van der Waals surface area (Å²) in [6.07, 6.45) is 4.56. The SMILES string of the molecule is O=C(O)c1ccns1.c1cnoc1. The molecule has 2 aromatic heterocycles. The molecule has 1 N–H and O–H groups in total. The van der Waals surface area contributed by atoms with Crippen LogP contribution in [0.3, 0.4) is 0 Å². The maximum Gasteiger partial charge on any atom is 0.347 e. The van der Waals surface area contributed by atoms with Gasteiger partial charge in [-0.05, 0) is 23.7 Å². The third kappa shape index (κ3) is 3.48. The minimum atomic E-state index is -0.910. The largest absolute Gasteiger partial charge is 0.477 e. The van der Waals surface area contributed by atoms with Gasteiger partial charge in [0.05, 0.1) is 6.20 Å². The van der Waals surface area contributed by atoms with E-state index in [4.69, 9.17) is 5.11 Å². The van der Waals surface area contributed by atoms with Crippen molar-refractivity contribution < 1.29 is 14.4 Å². The Morgan fingerprint density at radius 1 is 1.54 bits per heavy atom. The Labute approximate surface area is 77.8 Å². The lowest BCUT2D eigenvalue weighted by Crippen LogP contribution is -1.89. The van der Waals surface area contributed by atoms with Crippen molar-refractivity contribution in [1.82, 2.24) is 9.53 Å². The molecule has 13 heavy (non-hydrogen) atoms. The van der Waals surface area contributed by atoms with Crippen LogP contribution < -0.4 is 0 Å². The zero-order valence-electron chi connectivity index (χ0n) is 6.45. The van der Waals surface area contributed by atoms with Crippen LogP contribution in [0.1, 0.15) is 9.67 Å². The second-order valence-corrected chi connectivity index (χ2v) is 2.70. The Bertz CT molecular complexity index is 313. The van der Waals surface area contributed by atoms with Crippen LogP contribution in [0, 0.1) is 0 Å². The lowest BCUT2D eigenvalue weighted by Gasteiger charge is -1.76. The Morgan fingerprint density at radius 2 is 2.38 bits per heavy atom. The minimum absolute atomic E-state index is 0.282. The summed E-state index contributed by atoms with van der Waals surface area (Å²) in [7, 11) is 0. The summed E-state index contributed by atoms with van der Waals surface area (Å²) in [6.45, 7) is 0. The van der Waals surface area contributed by atoms with Crippen molar-refractivity contribution in [2.24, 2.45) is 0 Å². The molecule has 2 rings (SSSR count). The molecular weight excluding hydrogens is 192 g/mol. The van der Waals surface area contributed by atoms with Crippen LogP contribution in [0.4, 0.5) is 0 Å². The third-order valence-electron chi connectivity index (χ3n) is 0.996. The topological polar surface area (TPSA) is 76.2 Å². The Balaban J connectivity index is 0.000000145. The van der Waals surface area contributed by atoms with Gasteiger partial charge in [0, 0.05) is 6.20 Å². The number of aromatic nitrogens is 2. The molecule has 2 aromatic rings. The highest BCUT2D eigenvalue weighted by Crippen LogP contribution is 2.02. The number of nitrogens with zero attached hydrogens (tertiary/aromatic N) is 2. The summed E-state index contributed by atoms with van der Waals surface area (Å²) < 4.78 is 7.94. The van der Waals surface area contributed by atoms with E-state index in [1.54, 1.807) is 12.3 Å². The molecule has 0 amide bonds. The molecule has 0 atom stereocenters. The highest BCUT2D eigenvalue weighted by Gasteiger charge is 2.00. The number of hydrogen-bond acceptors (Lipinski definition) is 5. The molecule has 0 bridgehead atoms. The lowest BCUT2D eigenvalue weighted by atomic mass is 10.5. The summed E-state index contributed by atoms with van der Waals surface area (Å²) in [5.74, 6) is -0.910. The monoisotopic (exact) mass is 198 g/mol. The van der Waals surface area contributed by atoms with Gasteiger partial charge in [0.2, 0.25) is 0 Å². The van der Waals surface area contributed by atoms with Crippen molar-refractivity contribution in [2.75, 3.05) is 0 Å². The molecule has 6 heteroatoms. The van der Waals surface area contributed by atoms with E-state index in [1.807, 2.05) is 0 Å². The zero-order chi connectivity index (χ0) is 9.52. The van der Waals surface area contributed by atoms with Gasteiger partial charge in [0.1, 0.15) is 11.1 Å². The molecule has 0 unspecified atom stereocenters. The van der Waals surface area contributed by atoms with E-state index >= 15 is 0 Å². The van der Waals surface area contributed by atoms with E-state index in [-0.39, 0.29) is 4.88 Å². The van der Waals surface area contributed by atoms with E-state index in [1.165, 1.54) is 18.5 Å². The summed E-state index contributed by atoms with van der Waals surface area (Å²) in [5, 5.41) is 11.6. The van der Waals surface area contributed by atoms with Gasteiger partial charge in [0.25, 0.3) is 0 Å². The highest BCUT2D eigenvalue weighted by atomic mass is 32.1. The van der Waals surface area contributed by atoms with Gasteiger partial charge in [-0.15, -0.1) is 0 Å². The number of carboxylic acid groups (broad SMARTS) is 1. The Morgan fingerprint density at radius 3 is 2.62 bits per heavy atom. The van der Waals surface area contributed by atoms with Crippen LogP contribution in [-0.4, -0.2) is 20.6 Å². The Kier molecular flexibility index (Phi) is 3.65. The molecule has 0 radical (unpaired) electrons. The molecule has 5 nitrogen and oxygen atoms in total. The summed E-state index contributed by atoms with van der Waals surface area (Å²) in [5.41, 5.74) is 0. The molecule has 0 aliphatic rings. The van der Waals surface area contributed by atoms with Crippen molar-refractivity contribution in [3.05, 3.63) is 35.7 Å². The first-order valence-corrected chi connectivity index (χ1v) is 4.06. The molecule has 0 saturated heterocycles. The summed E-state index contributed by atoms with van der Waals surface area (Å²) in [6, 6.07) is 3.19. The molecule has 68 valence electrons. The van der Waals surface area contributed by atoms with E-state index in [9.17, 15) is 4.79 Å². The number of carboxylic acids is 1. The first-order chi connectivity index (χ1) is 6.30. The van der Waals surface area contributed by atoms with Gasteiger partial charge in [-0.25, -0.2) is 9.17 Å². The minimum Gasteiger partial charge on any atom is -0.477 e. The fourth-order valence-electron chi connectivity index (χ4n) is 0.502. The summed E-state index contributed by atoms with van der Waals surface area (Å²) >= 11 is 0.981. The number of hydrogen-bond donors (Lipinski definition) is 1. The van der Waals surface area contributed by atoms with Crippen LogP contribution in [0.25, 0.3) is 0 Å². The predicted molar refractivity (Wildman–Crippen MR) is 45.6 cm³/mol. The number of aromatic carboxylic acids is 1. The second-order valence-electron chi connectivity index (χ2n) is 1.87. The van der Waals surface area contributed by atoms with E-state index in [0.29, 0.717) is 0 Å². The van der Waals surface area contributed by atoms with E-state index in [0.717, 1.165) is 11.5 Å². The molecule has 2 heterocycles. The van der Waals surface area contributed by atoms with Crippen molar-refractivity contribution >= 4 is 17.5 Å². The molecular formula is C7H6N2O3S. The fourth-order valence-corrected chi connectivity index (χ4v) is 0.937. The lowest BCUT2D eigenvalue weighted by molar-refractivity contribution is 0.0702. The molecule has 0 aliphatic carbocycles. The van der Waals surface area contributed by atoms with Crippen molar-refractivity contribution in [1.29, 1.82) is 0 Å². The smallest absolute Gasteiger partial charge is 0.347 e. The predicted octanol–water partition coefficient (Wildman–Crippen LogP) is 1.52. The number of rotatable bonds is 1. The molecule has 0 saturated carbocycles. The maximum absolute atomic E-state index is 10.0. The number of carbonyl (C=O) groups is 1. The molecule has 0 aromatic carbocycles. The van der Waals surface area contributed by atoms with Crippen LogP contribution in [0.15, 0.2) is 35.3 Å². The molecule has 0 fully saturated rings. The van der Waals surface area contributed by atoms with Crippen molar-refractivity contribution in [3.63, 3.8) is 0 Å². The standard InChI is InChI=1S/C4H3NO2S.C3H3NO/c6-4(7)3-1-2-5-8-3;1-2-4-5-3-1/h1-2H,(H,6,7);1-3H. The highest BCUT2D eigenvalue weighted by molar-refractivity contribution is 7.07. The van der Waals surface area contributed by atoms with Gasteiger partial charge in [-0.3, -0.25) is 0 Å². The van der Waals surface area contributed by atoms with Crippen molar-refractivity contribution in [3.8, 4) is 0 Å².